The number of nitriles is 1. The van der Waals surface area contributed by atoms with Crippen molar-refractivity contribution >= 4 is 0 Å². The number of rotatable bonds is 5. The lowest BCUT2D eigenvalue weighted by Gasteiger charge is -2.21. The Labute approximate surface area is 99.5 Å². The molecule has 0 aromatic heterocycles. The maximum Gasteiger partial charge on any atom is 0.270 e. The molecule has 0 aliphatic rings. The largest absolute Gasteiger partial charge is 0.396 e. The summed E-state index contributed by atoms with van der Waals surface area (Å²) in [6, 6.07) is 8.17. The fourth-order valence-corrected chi connectivity index (χ4v) is 1.89. The van der Waals surface area contributed by atoms with Crippen molar-refractivity contribution < 1.29 is 13.9 Å². The molecular formula is C13H15F2NO. The first-order chi connectivity index (χ1) is 8.00. The third-order valence-electron chi connectivity index (χ3n) is 2.69. The molecule has 0 amide bonds. The molecule has 0 spiro atoms. The molecule has 1 rings (SSSR count). The van der Waals surface area contributed by atoms with E-state index in [2.05, 4.69) is 0 Å². The monoisotopic (exact) mass is 239 g/mol. The first kappa shape index (κ1) is 13.6. The molecular weight excluding hydrogens is 224 g/mol. The van der Waals surface area contributed by atoms with Gasteiger partial charge >= 0.3 is 0 Å². The minimum Gasteiger partial charge on any atom is -0.396 e. The van der Waals surface area contributed by atoms with Gasteiger partial charge in [0.15, 0.2) is 0 Å². The van der Waals surface area contributed by atoms with Gasteiger partial charge in [-0.1, -0.05) is 24.3 Å². The number of aliphatic hydroxyl groups excluding tert-OH is 1. The highest BCUT2D eigenvalue weighted by atomic mass is 19.3. The van der Waals surface area contributed by atoms with E-state index in [0.29, 0.717) is 12.0 Å². The zero-order chi connectivity index (χ0) is 12.9. The van der Waals surface area contributed by atoms with Gasteiger partial charge in [-0.15, -0.1) is 0 Å². The Bertz CT molecular complexity index is 407. The van der Waals surface area contributed by atoms with Crippen LogP contribution in [-0.4, -0.2) is 11.7 Å². The molecule has 1 unspecified atom stereocenters. The van der Waals surface area contributed by atoms with E-state index in [1.165, 1.54) is 6.07 Å². The summed E-state index contributed by atoms with van der Waals surface area (Å²) in [7, 11) is 0. The quantitative estimate of drug-likeness (QED) is 0.857. The van der Waals surface area contributed by atoms with Gasteiger partial charge in [-0.2, -0.15) is 5.26 Å². The summed E-state index contributed by atoms with van der Waals surface area (Å²) in [5.74, 6) is -3.27. The topological polar surface area (TPSA) is 44.0 Å². The highest BCUT2D eigenvalue weighted by molar-refractivity contribution is 5.34. The zero-order valence-corrected chi connectivity index (χ0v) is 9.66. The number of hydrogen-bond acceptors (Lipinski definition) is 2. The standard InChI is InChI=1S/C13H15F2NO/c1-13(14,15)12-5-3-2-4-11(12)10(6-8-16)7-9-17/h2-5,10,17H,6-7,9H2,1H3. The molecule has 0 fully saturated rings. The number of alkyl halides is 2. The van der Waals surface area contributed by atoms with Gasteiger partial charge in [0.25, 0.3) is 5.92 Å². The van der Waals surface area contributed by atoms with Gasteiger partial charge in [0.05, 0.1) is 6.07 Å². The van der Waals surface area contributed by atoms with Crippen molar-refractivity contribution in [3.8, 4) is 6.07 Å². The van der Waals surface area contributed by atoms with E-state index in [9.17, 15) is 8.78 Å². The average molecular weight is 239 g/mol. The number of hydrogen-bond donors (Lipinski definition) is 1. The molecule has 1 aromatic rings. The van der Waals surface area contributed by atoms with Crippen LogP contribution in [0.5, 0.6) is 0 Å². The molecule has 0 aliphatic carbocycles. The lowest BCUT2D eigenvalue weighted by Crippen LogP contribution is -2.14. The maximum atomic E-state index is 13.4. The molecule has 4 heteroatoms. The van der Waals surface area contributed by atoms with Crippen molar-refractivity contribution in [3.05, 3.63) is 35.4 Å². The average Bonchev–Trinajstić information content (AvgIpc) is 2.28. The van der Waals surface area contributed by atoms with Crippen LogP contribution in [-0.2, 0) is 5.92 Å². The number of aliphatic hydroxyl groups is 1. The van der Waals surface area contributed by atoms with Gasteiger partial charge in [0, 0.05) is 25.5 Å². The maximum absolute atomic E-state index is 13.4. The smallest absolute Gasteiger partial charge is 0.270 e. The van der Waals surface area contributed by atoms with Gasteiger partial charge < -0.3 is 5.11 Å². The second kappa shape index (κ2) is 5.74. The summed E-state index contributed by atoms with van der Waals surface area (Å²) in [6.45, 7) is 0.726. The Morgan fingerprint density at radius 2 is 2.06 bits per heavy atom. The number of nitrogens with zero attached hydrogens (tertiary/aromatic N) is 1. The normalized spacial score (nSPS) is 13.1. The molecule has 0 bridgehead atoms. The molecule has 1 aromatic carbocycles. The van der Waals surface area contributed by atoms with Crippen molar-refractivity contribution in [2.24, 2.45) is 0 Å². The Morgan fingerprint density at radius 1 is 1.41 bits per heavy atom. The minimum absolute atomic E-state index is 0.0614. The molecule has 0 aliphatic heterocycles. The summed E-state index contributed by atoms with van der Waals surface area (Å²) < 4.78 is 26.8. The predicted octanol–water partition coefficient (Wildman–Crippen LogP) is 3.18. The second-order valence-electron chi connectivity index (χ2n) is 4.05. The van der Waals surface area contributed by atoms with E-state index in [1.807, 2.05) is 6.07 Å². The molecule has 0 heterocycles. The molecule has 92 valence electrons. The summed E-state index contributed by atoms with van der Waals surface area (Å²) in [6.07, 6.45) is 0.453. The van der Waals surface area contributed by atoms with Crippen molar-refractivity contribution in [3.63, 3.8) is 0 Å². The van der Waals surface area contributed by atoms with E-state index in [-0.39, 0.29) is 24.5 Å². The third-order valence-corrected chi connectivity index (χ3v) is 2.69. The van der Waals surface area contributed by atoms with Crippen molar-refractivity contribution in [1.29, 1.82) is 5.26 Å². The van der Waals surface area contributed by atoms with Crippen LogP contribution in [0.1, 0.15) is 36.8 Å². The van der Waals surface area contributed by atoms with E-state index < -0.39 is 5.92 Å². The van der Waals surface area contributed by atoms with E-state index in [4.69, 9.17) is 10.4 Å². The molecule has 0 saturated heterocycles. The molecule has 1 N–H and O–H groups in total. The highest BCUT2D eigenvalue weighted by Crippen LogP contribution is 2.35. The second-order valence-corrected chi connectivity index (χ2v) is 4.05. The highest BCUT2D eigenvalue weighted by Gasteiger charge is 2.29. The Balaban J connectivity index is 3.14. The SMILES string of the molecule is CC(F)(F)c1ccccc1C(CC#N)CCO. The van der Waals surface area contributed by atoms with Crippen LogP contribution in [0.3, 0.4) is 0 Å². The molecule has 1 atom stereocenters. The van der Waals surface area contributed by atoms with Crippen molar-refractivity contribution in [2.45, 2.75) is 31.6 Å². The van der Waals surface area contributed by atoms with E-state index >= 15 is 0 Å². The fraction of sp³-hybridized carbons (Fsp3) is 0.462. The van der Waals surface area contributed by atoms with Crippen LogP contribution in [0.4, 0.5) is 8.78 Å². The van der Waals surface area contributed by atoms with Gasteiger partial charge in [-0.25, -0.2) is 8.78 Å². The lowest BCUT2D eigenvalue weighted by atomic mass is 9.88. The van der Waals surface area contributed by atoms with Crippen LogP contribution < -0.4 is 0 Å². The first-order valence-electron chi connectivity index (χ1n) is 5.45. The van der Waals surface area contributed by atoms with Gasteiger partial charge in [-0.3, -0.25) is 0 Å². The zero-order valence-electron chi connectivity index (χ0n) is 9.66. The summed E-state index contributed by atoms with van der Waals surface area (Å²) in [4.78, 5) is 0. The minimum atomic E-state index is -2.93. The predicted molar refractivity (Wildman–Crippen MR) is 60.7 cm³/mol. The van der Waals surface area contributed by atoms with Gasteiger partial charge in [0.1, 0.15) is 0 Å². The van der Waals surface area contributed by atoms with Gasteiger partial charge in [0.2, 0.25) is 0 Å². The summed E-state index contributed by atoms with van der Waals surface area (Å²) >= 11 is 0. The number of benzene rings is 1. The lowest BCUT2D eigenvalue weighted by molar-refractivity contribution is 0.0160. The Hall–Kier alpha value is -1.47. The molecule has 17 heavy (non-hydrogen) atoms. The van der Waals surface area contributed by atoms with Crippen LogP contribution >= 0.6 is 0 Å². The van der Waals surface area contributed by atoms with Crippen LogP contribution in [0.15, 0.2) is 24.3 Å². The van der Waals surface area contributed by atoms with E-state index in [1.54, 1.807) is 18.2 Å². The molecule has 0 saturated carbocycles. The van der Waals surface area contributed by atoms with Crippen molar-refractivity contribution in [2.75, 3.05) is 6.61 Å². The Morgan fingerprint density at radius 3 is 2.59 bits per heavy atom. The first-order valence-corrected chi connectivity index (χ1v) is 5.45. The van der Waals surface area contributed by atoms with Crippen LogP contribution in [0, 0.1) is 11.3 Å². The third kappa shape index (κ3) is 3.50. The van der Waals surface area contributed by atoms with E-state index in [0.717, 1.165) is 6.92 Å². The summed E-state index contributed by atoms with van der Waals surface area (Å²) in [5.41, 5.74) is 0.393. The van der Waals surface area contributed by atoms with Crippen LogP contribution in [0.2, 0.25) is 0 Å². The molecule has 0 radical (unpaired) electrons. The summed E-state index contributed by atoms with van der Waals surface area (Å²) in [5, 5.41) is 17.6. The molecule has 2 nitrogen and oxygen atoms in total. The number of halogens is 2. The fourth-order valence-electron chi connectivity index (χ4n) is 1.89. The van der Waals surface area contributed by atoms with Crippen molar-refractivity contribution in [1.82, 2.24) is 0 Å². The van der Waals surface area contributed by atoms with Crippen LogP contribution in [0.25, 0.3) is 0 Å². The van der Waals surface area contributed by atoms with Gasteiger partial charge in [-0.05, 0) is 17.9 Å². The Kier molecular flexibility index (Phi) is 4.59.